The monoisotopic (exact) mass is 194 g/mol. The molecule has 1 aliphatic heterocycles. The zero-order valence-corrected chi connectivity index (χ0v) is 8.19. The second-order valence-corrected chi connectivity index (χ2v) is 4.14. The van der Waals surface area contributed by atoms with Gasteiger partial charge in [0.25, 0.3) is 0 Å². The third-order valence-corrected chi connectivity index (χ3v) is 3.32. The van der Waals surface area contributed by atoms with Crippen LogP contribution < -0.4 is 5.63 Å². The molecule has 3 heteroatoms. The quantitative estimate of drug-likeness (QED) is 0.643. The van der Waals surface area contributed by atoms with Gasteiger partial charge in [0.15, 0.2) is 0 Å². The highest BCUT2D eigenvalue weighted by atomic mass is 32.2. The molecule has 2 nitrogen and oxygen atoms in total. The fourth-order valence-electron chi connectivity index (χ4n) is 1.50. The van der Waals surface area contributed by atoms with Crippen molar-refractivity contribution in [2.45, 2.75) is 17.7 Å². The first-order valence-electron chi connectivity index (χ1n) is 4.12. The van der Waals surface area contributed by atoms with Crippen LogP contribution >= 0.6 is 11.8 Å². The number of aryl methyl sites for hydroxylation is 1. The van der Waals surface area contributed by atoms with Gasteiger partial charge in [0.2, 0.25) is 0 Å². The lowest BCUT2D eigenvalue weighted by Gasteiger charge is -2.01. The molecule has 0 bridgehead atoms. The summed E-state index contributed by atoms with van der Waals surface area (Å²) in [6, 6.07) is 1.92. The van der Waals surface area contributed by atoms with Gasteiger partial charge < -0.3 is 4.42 Å². The number of rotatable bonds is 1. The molecule has 1 atom stereocenters. The number of allylic oxidation sites excluding steroid dienone is 1. The molecule has 0 aromatic carbocycles. The van der Waals surface area contributed by atoms with Gasteiger partial charge in [0.05, 0.1) is 5.56 Å². The molecule has 1 aliphatic rings. The van der Waals surface area contributed by atoms with E-state index in [1.165, 1.54) is 0 Å². The SMILES string of the molecule is C=CC1CSc2cc(C)oc(=O)c21. The highest BCUT2D eigenvalue weighted by molar-refractivity contribution is 7.99. The van der Waals surface area contributed by atoms with Crippen LogP contribution in [-0.4, -0.2) is 5.75 Å². The molecule has 1 aromatic heterocycles. The largest absolute Gasteiger partial charge is 0.428 e. The maximum absolute atomic E-state index is 11.5. The first kappa shape index (κ1) is 8.63. The molecular formula is C10H10O2S. The minimum Gasteiger partial charge on any atom is -0.428 e. The Bertz CT molecular complexity index is 406. The molecule has 13 heavy (non-hydrogen) atoms. The van der Waals surface area contributed by atoms with E-state index in [2.05, 4.69) is 6.58 Å². The van der Waals surface area contributed by atoms with E-state index >= 15 is 0 Å². The summed E-state index contributed by atoms with van der Waals surface area (Å²) in [4.78, 5) is 12.5. The number of hydrogen-bond donors (Lipinski definition) is 0. The molecule has 0 N–H and O–H groups in total. The van der Waals surface area contributed by atoms with Crippen molar-refractivity contribution in [3.8, 4) is 0 Å². The van der Waals surface area contributed by atoms with E-state index < -0.39 is 0 Å². The first-order valence-corrected chi connectivity index (χ1v) is 5.11. The normalized spacial score (nSPS) is 19.9. The smallest absolute Gasteiger partial charge is 0.340 e. The van der Waals surface area contributed by atoms with Crippen LogP contribution in [0.1, 0.15) is 17.2 Å². The zero-order valence-electron chi connectivity index (χ0n) is 7.37. The van der Waals surface area contributed by atoms with E-state index in [9.17, 15) is 4.79 Å². The summed E-state index contributed by atoms with van der Waals surface area (Å²) in [6.45, 7) is 5.51. The lowest BCUT2D eigenvalue weighted by Crippen LogP contribution is -2.10. The van der Waals surface area contributed by atoms with Crippen LogP contribution in [-0.2, 0) is 0 Å². The Morgan fingerprint density at radius 3 is 3.23 bits per heavy atom. The summed E-state index contributed by atoms with van der Waals surface area (Å²) in [5, 5.41) is 0. The minimum absolute atomic E-state index is 0.164. The molecule has 68 valence electrons. The van der Waals surface area contributed by atoms with Crippen LogP contribution in [0.25, 0.3) is 0 Å². The Kier molecular flexibility index (Phi) is 2.04. The summed E-state index contributed by atoms with van der Waals surface area (Å²) in [6.07, 6.45) is 1.81. The molecule has 0 amide bonds. The summed E-state index contributed by atoms with van der Waals surface area (Å²) >= 11 is 1.70. The minimum atomic E-state index is -0.204. The first-order chi connectivity index (χ1) is 6.22. The van der Waals surface area contributed by atoms with Crippen LogP contribution in [0.5, 0.6) is 0 Å². The molecule has 0 spiro atoms. The van der Waals surface area contributed by atoms with Crippen LogP contribution in [0.4, 0.5) is 0 Å². The van der Waals surface area contributed by atoms with Gasteiger partial charge in [-0.25, -0.2) is 4.79 Å². The average Bonchev–Trinajstić information content (AvgIpc) is 2.47. The van der Waals surface area contributed by atoms with Gasteiger partial charge in [-0.1, -0.05) is 6.08 Å². The van der Waals surface area contributed by atoms with Gasteiger partial charge in [-0.15, -0.1) is 18.3 Å². The van der Waals surface area contributed by atoms with Crippen molar-refractivity contribution < 1.29 is 4.42 Å². The van der Waals surface area contributed by atoms with Crippen LogP contribution in [0.15, 0.2) is 32.8 Å². The third-order valence-electron chi connectivity index (χ3n) is 2.15. The highest BCUT2D eigenvalue weighted by Crippen LogP contribution is 2.38. The van der Waals surface area contributed by atoms with Crippen molar-refractivity contribution in [1.29, 1.82) is 0 Å². The second-order valence-electron chi connectivity index (χ2n) is 3.08. The molecule has 2 rings (SSSR count). The molecule has 0 aliphatic carbocycles. The maximum Gasteiger partial charge on any atom is 0.340 e. The number of thioether (sulfide) groups is 1. The van der Waals surface area contributed by atoms with Crippen molar-refractivity contribution in [1.82, 2.24) is 0 Å². The third kappa shape index (κ3) is 1.33. The Labute approximate surface area is 80.7 Å². The predicted molar refractivity (Wildman–Crippen MR) is 53.4 cm³/mol. The lowest BCUT2D eigenvalue weighted by molar-refractivity contribution is 0.466. The molecule has 1 aromatic rings. The van der Waals surface area contributed by atoms with Crippen LogP contribution in [0.2, 0.25) is 0 Å². The van der Waals surface area contributed by atoms with E-state index in [4.69, 9.17) is 4.42 Å². The molecule has 0 saturated heterocycles. The van der Waals surface area contributed by atoms with Crippen molar-refractivity contribution >= 4 is 11.8 Å². The van der Waals surface area contributed by atoms with E-state index in [1.54, 1.807) is 18.7 Å². The molecular weight excluding hydrogens is 184 g/mol. The zero-order chi connectivity index (χ0) is 9.42. The van der Waals surface area contributed by atoms with Gasteiger partial charge in [0.1, 0.15) is 5.76 Å². The fourth-order valence-corrected chi connectivity index (χ4v) is 2.80. The fraction of sp³-hybridized carbons (Fsp3) is 0.300. The topological polar surface area (TPSA) is 30.2 Å². The number of fused-ring (bicyclic) bond motifs is 1. The Morgan fingerprint density at radius 1 is 1.77 bits per heavy atom. The van der Waals surface area contributed by atoms with Gasteiger partial charge in [-0.2, -0.15) is 0 Å². The Hall–Kier alpha value is -0.960. The summed E-state index contributed by atoms with van der Waals surface area (Å²) in [5.41, 5.74) is 0.579. The highest BCUT2D eigenvalue weighted by Gasteiger charge is 2.25. The standard InChI is InChI=1S/C10H10O2S/c1-3-7-5-13-8-4-6(2)12-10(11)9(7)8/h3-4,7H,1,5H2,2H3. The summed E-state index contributed by atoms with van der Waals surface area (Å²) in [5.74, 6) is 1.75. The van der Waals surface area contributed by atoms with Gasteiger partial charge >= 0.3 is 5.63 Å². The van der Waals surface area contributed by atoms with Crippen molar-refractivity contribution in [2.75, 3.05) is 5.75 Å². The van der Waals surface area contributed by atoms with E-state index in [0.29, 0.717) is 5.76 Å². The van der Waals surface area contributed by atoms with E-state index in [-0.39, 0.29) is 11.5 Å². The van der Waals surface area contributed by atoms with Crippen molar-refractivity contribution in [2.24, 2.45) is 0 Å². The second kappa shape index (κ2) is 3.07. The van der Waals surface area contributed by atoms with Crippen LogP contribution in [0, 0.1) is 6.92 Å². The van der Waals surface area contributed by atoms with Crippen molar-refractivity contribution in [3.63, 3.8) is 0 Å². The molecule has 0 saturated carbocycles. The summed E-state index contributed by atoms with van der Waals surface area (Å²) in [7, 11) is 0. The van der Waals surface area contributed by atoms with Gasteiger partial charge in [-0.3, -0.25) is 0 Å². The molecule has 0 fully saturated rings. The van der Waals surface area contributed by atoms with E-state index in [0.717, 1.165) is 16.2 Å². The molecule has 2 heterocycles. The number of hydrogen-bond acceptors (Lipinski definition) is 3. The Balaban J connectivity index is 2.64. The van der Waals surface area contributed by atoms with Crippen LogP contribution in [0.3, 0.4) is 0 Å². The lowest BCUT2D eigenvalue weighted by atomic mass is 10.0. The average molecular weight is 194 g/mol. The maximum atomic E-state index is 11.5. The predicted octanol–water partition coefficient (Wildman–Crippen LogP) is 2.32. The summed E-state index contributed by atoms with van der Waals surface area (Å²) < 4.78 is 5.04. The van der Waals surface area contributed by atoms with Gasteiger partial charge in [0, 0.05) is 16.6 Å². The molecule has 1 unspecified atom stereocenters. The van der Waals surface area contributed by atoms with Gasteiger partial charge in [-0.05, 0) is 13.0 Å². The van der Waals surface area contributed by atoms with E-state index in [1.807, 2.05) is 12.1 Å². The Morgan fingerprint density at radius 2 is 2.54 bits per heavy atom. The molecule has 0 radical (unpaired) electrons. The van der Waals surface area contributed by atoms with Crippen molar-refractivity contribution in [3.05, 3.63) is 40.5 Å².